The first-order valence-electron chi connectivity index (χ1n) is 7.17. The van der Waals surface area contributed by atoms with Crippen LogP contribution in [0.2, 0.25) is 0 Å². The first-order chi connectivity index (χ1) is 10.3. The van der Waals surface area contributed by atoms with Gasteiger partial charge in [0.15, 0.2) is 11.7 Å². The number of aliphatic hydroxyl groups excluding tert-OH is 1. The Labute approximate surface area is 124 Å². The number of rotatable bonds is 8. The Hall–Kier alpha value is -2.14. The molecule has 5 nitrogen and oxygen atoms in total. The Morgan fingerprint density at radius 2 is 2.05 bits per heavy atom. The van der Waals surface area contributed by atoms with Gasteiger partial charge in [-0.3, -0.25) is 4.79 Å². The van der Waals surface area contributed by atoms with Crippen molar-refractivity contribution in [2.45, 2.75) is 25.7 Å². The summed E-state index contributed by atoms with van der Waals surface area (Å²) in [4.78, 5) is 15.7. The van der Waals surface area contributed by atoms with Gasteiger partial charge in [0, 0.05) is 31.6 Å². The van der Waals surface area contributed by atoms with E-state index in [1.165, 1.54) is 0 Å². The first kappa shape index (κ1) is 15.3. The van der Waals surface area contributed by atoms with Crippen molar-refractivity contribution < 1.29 is 14.3 Å². The highest BCUT2D eigenvalue weighted by molar-refractivity contribution is 5.75. The second-order valence-corrected chi connectivity index (χ2v) is 4.76. The minimum atomic E-state index is -0.00158. The minimum absolute atomic E-state index is 0.00158. The van der Waals surface area contributed by atoms with Crippen molar-refractivity contribution in [2.75, 3.05) is 13.2 Å². The Morgan fingerprint density at radius 1 is 1.24 bits per heavy atom. The first-order valence-corrected chi connectivity index (χ1v) is 7.17. The van der Waals surface area contributed by atoms with Gasteiger partial charge in [-0.15, -0.1) is 0 Å². The molecule has 1 heterocycles. The van der Waals surface area contributed by atoms with Crippen molar-refractivity contribution in [2.24, 2.45) is 0 Å². The van der Waals surface area contributed by atoms with Gasteiger partial charge in [-0.25, -0.2) is 4.98 Å². The summed E-state index contributed by atoms with van der Waals surface area (Å²) < 4.78 is 5.67. The van der Waals surface area contributed by atoms with Crippen molar-refractivity contribution in [3.63, 3.8) is 0 Å². The number of aryl methyl sites for hydroxylation is 1. The zero-order valence-corrected chi connectivity index (χ0v) is 11.9. The van der Waals surface area contributed by atoms with Gasteiger partial charge in [0.2, 0.25) is 5.91 Å². The largest absolute Gasteiger partial charge is 0.441 e. The third kappa shape index (κ3) is 5.04. The van der Waals surface area contributed by atoms with E-state index in [0.29, 0.717) is 38.1 Å². The fraction of sp³-hybridized carbons (Fsp3) is 0.375. The number of benzene rings is 1. The second-order valence-electron chi connectivity index (χ2n) is 4.76. The number of amides is 1. The van der Waals surface area contributed by atoms with E-state index in [4.69, 9.17) is 9.52 Å². The molecule has 0 saturated heterocycles. The SMILES string of the molecule is O=C(CCCc1ncc(-c2ccccc2)o1)NCCCO. The summed E-state index contributed by atoms with van der Waals surface area (Å²) in [7, 11) is 0. The molecule has 0 saturated carbocycles. The summed E-state index contributed by atoms with van der Waals surface area (Å²) in [6, 6.07) is 9.80. The van der Waals surface area contributed by atoms with Crippen molar-refractivity contribution in [1.29, 1.82) is 0 Å². The highest BCUT2D eigenvalue weighted by atomic mass is 16.4. The average Bonchev–Trinajstić information content (AvgIpc) is 2.97. The zero-order valence-electron chi connectivity index (χ0n) is 11.9. The topological polar surface area (TPSA) is 75.4 Å². The van der Waals surface area contributed by atoms with E-state index in [0.717, 1.165) is 11.3 Å². The average molecular weight is 288 g/mol. The van der Waals surface area contributed by atoms with E-state index >= 15 is 0 Å². The molecule has 0 aliphatic carbocycles. The molecule has 0 fully saturated rings. The number of hydrogen-bond donors (Lipinski definition) is 2. The molecule has 0 radical (unpaired) electrons. The van der Waals surface area contributed by atoms with Gasteiger partial charge in [0.25, 0.3) is 0 Å². The predicted molar refractivity (Wildman–Crippen MR) is 79.6 cm³/mol. The van der Waals surface area contributed by atoms with Crippen LogP contribution >= 0.6 is 0 Å². The van der Waals surface area contributed by atoms with Gasteiger partial charge in [0.1, 0.15) is 0 Å². The van der Waals surface area contributed by atoms with Crippen LogP contribution < -0.4 is 5.32 Å². The molecule has 0 atom stereocenters. The zero-order chi connectivity index (χ0) is 14.9. The van der Waals surface area contributed by atoms with Crippen LogP contribution in [0.3, 0.4) is 0 Å². The molecule has 2 rings (SSSR count). The van der Waals surface area contributed by atoms with E-state index in [9.17, 15) is 4.79 Å². The van der Waals surface area contributed by atoms with Crippen LogP contribution in [0.1, 0.15) is 25.2 Å². The number of carbonyl (C=O) groups excluding carboxylic acids is 1. The van der Waals surface area contributed by atoms with E-state index in [1.54, 1.807) is 6.20 Å². The molecule has 0 spiro atoms. The van der Waals surface area contributed by atoms with E-state index in [-0.39, 0.29) is 12.5 Å². The summed E-state index contributed by atoms with van der Waals surface area (Å²) in [6.45, 7) is 0.616. The van der Waals surface area contributed by atoms with Crippen LogP contribution in [0.25, 0.3) is 11.3 Å². The molecule has 112 valence electrons. The summed E-state index contributed by atoms with van der Waals surface area (Å²) in [5.74, 6) is 1.40. The molecule has 21 heavy (non-hydrogen) atoms. The maximum absolute atomic E-state index is 11.5. The van der Waals surface area contributed by atoms with Crippen molar-refractivity contribution >= 4 is 5.91 Å². The van der Waals surface area contributed by atoms with Gasteiger partial charge in [-0.2, -0.15) is 0 Å². The van der Waals surface area contributed by atoms with Crippen LogP contribution in [0.15, 0.2) is 40.9 Å². The monoisotopic (exact) mass is 288 g/mol. The number of aromatic nitrogens is 1. The van der Waals surface area contributed by atoms with Gasteiger partial charge in [-0.05, 0) is 12.8 Å². The van der Waals surface area contributed by atoms with Crippen LogP contribution in [0, 0.1) is 0 Å². The van der Waals surface area contributed by atoms with Crippen LogP contribution in [-0.2, 0) is 11.2 Å². The van der Waals surface area contributed by atoms with Gasteiger partial charge in [0.05, 0.1) is 6.20 Å². The molecule has 0 unspecified atom stereocenters. The van der Waals surface area contributed by atoms with Gasteiger partial charge in [-0.1, -0.05) is 30.3 Å². The lowest BCUT2D eigenvalue weighted by atomic mass is 10.2. The molecule has 0 bridgehead atoms. The summed E-state index contributed by atoms with van der Waals surface area (Å²) in [5, 5.41) is 11.4. The Kier molecular flexibility index (Phi) is 5.97. The minimum Gasteiger partial charge on any atom is -0.441 e. The predicted octanol–water partition coefficient (Wildman–Crippen LogP) is 2.16. The van der Waals surface area contributed by atoms with E-state index in [1.807, 2.05) is 30.3 Å². The van der Waals surface area contributed by atoms with Crippen LogP contribution in [-0.4, -0.2) is 29.1 Å². The molecule has 1 aromatic carbocycles. The van der Waals surface area contributed by atoms with Crippen molar-refractivity contribution in [1.82, 2.24) is 10.3 Å². The Bertz CT molecular complexity index is 552. The Balaban J connectivity index is 1.75. The molecule has 2 aromatic rings. The van der Waals surface area contributed by atoms with Gasteiger partial charge >= 0.3 is 0 Å². The lowest BCUT2D eigenvalue weighted by Gasteiger charge is -2.02. The normalized spacial score (nSPS) is 10.5. The quantitative estimate of drug-likeness (QED) is 0.730. The number of oxazole rings is 1. The lowest BCUT2D eigenvalue weighted by molar-refractivity contribution is -0.121. The standard InChI is InChI=1S/C16H20N2O3/c19-11-5-10-17-15(20)8-4-9-16-18-12-14(21-16)13-6-2-1-3-7-13/h1-3,6-7,12,19H,4-5,8-11H2,(H,17,20). The number of nitrogens with one attached hydrogen (secondary N) is 1. The second kappa shape index (κ2) is 8.21. The number of hydrogen-bond acceptors (Lipinski definition) is 4. The molecule has 1 amide bonds. The summed E-state index contributed by atoms with van der Waals surface area (Å²) in [6.07, 6.45) is 4.08. The Morgan fingerprint density at radius 3 is 2.81 bits per heavy atom. The fourth-order valence-corrected chi connectivity index (χ4v) is 1.96. The number of carbonyl (C=O) groups is 1. The van der Waals surface area contributed by atoms with Crippen LogP contribution in [0.5, 0.6) is 0 Å². The molecular weight excluding hydrogens is 268 g/mol. The molecule has 2 N–H and O–H groups in total. The van der Waals surface area contributed by atoms with Gasteiger partial charge < -0.3 is 14.8 Å². The highest BCUT2D eigenvalue weighted by Gasteiger charge is 2.07. The third-order valence-electron chi connectivity index (χ3n) is 3.06. The molecule has 5 heteroatoms. The summed E-state index contributed by atoms with van der Waals surface area (Å²) in [5.41, 5.74) is 0.998. The van der Waals surface area contributed by atoms with E-state index in [2.05, 4.69) is 10.3 Å². The van der Waals surface area contributed by atoms with E-state index < -0.39 is 0 Å². The van der Waals surface area contributed by atoms with Crippen molar-refractivity contribution in [3.8, 4) is 11.3 Å². The third-order valence-corrected chi connectivity index (χ3v) is 3.06. The fourth-order valence-electron chi connectivity index (χ4n) is 1.96. The maximum Gasteiger partial charge on any atom is 0.220 e. The number of nitrogens with zero attached hydrogens (tertiary/aromatic N) is 1. The maximum atomic E-state index is 11.5. The smallest absolute Gasteiger partial charge is 0.220 e. The molecular formula is C16H20N2O3. The summed E-state index contributed by atoms with van der Waals surface area (Å²) >= 11 is 0. The number of aliphatic hydroxyl groups is 1. The molecule has 0 aliphatic heterocycles. The molecule has 1 aromatic heterocycles. The van der Waals surface area contributed by atoms with Crippen LogP contribution in [0.4, 0.5) is 0 Å². The highest BCUT2D eigenvalue weighted by Crippen LogP contribution is 2.20. The molecule has 0 aliphatic rings. The van der Waals surface area contributed by atoms with Crippen molar-refractivity contribution in [3.05, 3.63) is 42.4 Å². The lowest BCUT2D eigenvalue weighted by Crippen LogP contribution is -2.24.